The molecule has 6 nitrogen and oxygen atoms in total. The van der Waals surface area contributed by atoms with Crippen LogP contribution in [0.3, 0.4) is 0 Å². The molecule has 0 bridgehead atoms. The number of hydrogen-bond acceptors (Lipinski definition) is 5. The Morgan fingerprint density at radius 2 is 2.00 bits per heavy atom. The van der Waals surface area contributed by atoms with Crippen molar-refractivity contribution in [2.24, 2.45) is 5.92 Å². The number of benzene rings is 1. The number of aliphatic hydroxyl groups is 2. The van der Waals surface area contributed by atoms with Gasteiger partial charge in [0.15, 0.2) is 0 Å². The summed E-state index contributed by atoms with van der Waals surface area (Å²) in [6, 6.07) is 5.92. The smallest absolute Gasteiger partial charge is 0.269 e. The molecule has 0 aliphatic heterocycles. The summed E-state index contributed by atoms with van der Waals surface area (Å²) in [5.74, 6) is 0.302. The van der Waals surface area contributed by atoms with E-state index in [1.54, 1.807) is 12.1 Å². The first kappa shape index (κ1) is 16.6. The highest BCUT2D eigenvalue weighted by atomic mass is 16.6. The van der Waals surface area contributed by atoms with Crippen molar-refractivity contribution in [2.45, 2.75) is 25.9 Å². The summed E-state index contributed by atoms with van der Waals surface area (Å²) in [7, 11) is 0. The minimum Gasteiger partial charge on any atom is -0.396 e. The largest absolute Gasteiger partial charge is 0.396 e. The van der Waals surface area contributed by atoms with Crippen molar-refractivity contribution in [1.29, 1.82) is 0 Å². The molecule has 1 rings (SSSR count). The van der Waals surface area contributed by atoms with Crippen molar-refractivity contribution in [1.82, 2.24) is 5.32 Å². The molecule has 0 aliphatic rings. The van der Waals surface area contributed by atoms with E-state index in [-0.39, 0.29) is 12.3 Å². The fourth-order valence-corrected chi connectivity index (χ4v) is 1.84. The lowest BCUT2D eigenvalue weighted by atomic mass is 10.1. The summed E-state index contributed by atoms with van der Waals surface area (Å²) in [5.41, 5.74) is 0.679. The third-order valence-electron chi connectivity index (χ3n) is 3.19. The zero-order valence-electron chi connectivity index (χ0n) is 11.7. The lowest BCUT2D eigenvalue weighted by Crippen LogP contribution is -2.23. The predicted molar refractivity (Wildman–Crippen MR) is 76.4 cm³/mol. The number of non-ortho nitro benzene ring substituents is 1. The van der Waals surface area contributed by atoms with E-state index in [2.05, 4.69) is 5.32 Å². The monoisotopic (exact) mass is 282 g/mol. The van der Waals surface area contributed by atoms with Crippen LogP contribution < -0.4 is 5.32 Å². The lowest BCUT2D eigenvalue weighted by Gasteiger charge is -2.13. The molecule has 0 radical (unpaired) electrons. The van der Waals surface area contributed by atoms with E-state index in [1.807, 2.05) is 6.92 Å². The van der Waals surface area contributed by atoms with Gasteiger partial charge < -0.3 is 15.5 Å². The third kappa shape index (κ3) is 5.64. The van der Waals surface area contributed by atoms with Gasteiger partial charge in [0.05, 0.1) is 11.0 Å². The third-order valence-corrected chi connectivity index (χ3v) is 3.19. The Morgan fingerprint density at radius 1 is 1.35 bits per heavy atom. The minimum absolute atomic E-state index is 0.0203. The number of nitrogens with one attached hydrogen (secondary N) is 1. The second-order valence-corrected chi connectivity index (χ2v) is 5.00. The van der Waals surface area contributed by atoms with Gasteiger partial charge in [0, 0.05) is 25.3 Å². The molecule has 1 aromatic carbocycles. The van der Waals surface area contributed by atoms with E-state index in [1.165, 1.54) is 12.1 Å². The van der Waals surface area contributed by atoms with E-state index >= 15 is 0 Å². The summed E-state index contributed by atoms with van der Waals surface area (Å²) < 4.78 is 0. The van der Waals surface area contributed by atoms with Gasteiger partial charge in [-0.05, 0) is 43.0 Å². The molecular weight excluding hydrogens is 260 g/mol. The molecule has 0 aromatic heterocycles. The van der Waals surface area contributed by atoms with Gasteiger partial charge in [-0.15, -0.1) is 0 Å². The normalized spacial score (nSPS) is 13.9. The lowest BCUT2D eigenvalue weighted by molar-refractivity contribution is -0.384. The van der Waals surface area contributed by atoms with E-state index in [0.717, 1.165) is 19.4 Å². The molecule has 0 heterocycles. The van der Waals surface area contributed by atoms with E-state index < -0.39 is 11.0 Å². The molecule has 20 heavy (non-hydrogen) atoms. The van der Waals surface area contributed by atoms with E-state index in [4.69, 9.17) is 5.11 Å². The fraction of sp³-hybridized carbons (Fsp3) is 0.571. The zero-order valence-corrected chi connectivity index (χ0v) is 11.7. The minimum atomic E-state index is -0.675. The maximum absolute atomic E-state index is 10.5. The highest BCUT2D eigenvalue weighted by molar-refractivity contribution is 5.33. The van der Waals surface area contributed by atoms with Crippen molar-refractivity contribution in [3.63, 3.8) is 0 Å². The predicted octanol–water partition coefficient (Wildman–Crippen LogP) is 1.63. The van der Waals surface area contributed by atoms with Crippen LogP contribution in [-0.4, -0.2) is 34.8 Å². The van der Waals surface area contributed by atoms with Gasteiger partial charge >= 0.3 is 0 Å². The van der Waals surface area contributed by atoms with E-state index in [9.17, 15) is 15.2 Å². The highest BCUT2D eigenvalue weighted by Gasteiger charge is 2.10. The maximum Gasteiger partial charge on any atom is 0.269 e. The molecule has 0 saturated carbocycles. The van der Waals surface area contributed by atoms with Crippen LogP contribution in [0.4, 0.5) is 5.69 Å². The molecule has 2 unspecified atom stereocenters. The first-order chi connectivity index (χ1) is 9.54. The Hall–Kier alpha value is -1.50. The van der Waals surface area contributed by atoms with Crippen molar-refractivity contribution in [3.05, 3.63) is 39.9 Å². The Labute approximate surface area is 118 Å². The van der Waals surface area contributed by atoms with Crippen LogP contribution in [0.25, 0.3) is 0 Å². The topological polar surface area (TPSA) is 95.6 Å². The summed E-state index contributed by atoms with van der Waals surface area (Å²) in [6.45, 7) is 3.37. The molecule has 0 aliphatic carbocycles. The molecule has 0 amide bonds. The van der Waals surface area contributed by atoms with Crippen molar-refractivity contribution in [2.75, 3.05) is 19.7 Å². The molecular formula is C14H22N2O4. The quantitative estimate of drug-likeness (QED) is 0.363. The first-order valence-electron chi connectivity index (χ1n) is 6.78. The van der Waals surface area contributed by atoms with Crippen LogP contribution in [0.1, 0.15) is 31.4 Å². The Balaban J connectivity index is 2.28. The molecule has 0 fully saturated rings. The number of nitrogens with zero attached hydrogens (tertiary/aromatic N) is 1. The highest BCUT2D eigenvalue weighted by Crippen LogP contribution is 2.17. The second kappa shape index (κ2) is 8.63. The van der Waals surface area contributed by atoms with Crippen molar-refractivity contribution < 1.29 is 15.1 Å². The van der Waals surface area contributed by atoms with Crippen molar-refractivity contribution in [3.8, 4) is 0 Å². The molecule has 6 heteroatoms. The average molecular weight is 282 g/mol. The summed E-state index contributed by atoms with van der Waals surface area (Å²) in [4.78, 5) is 10.1. The number of nitro benzene ring substituents is 1. The summed E-state index contributed by atoms with van der Waals surface area (Å²) in [5, 5.41) is 32.5. The van der Waals surface area contributed by atoms with Gasteiger partial charge in [-0.1, -0.05) is 6.92 Å². The summed E-state index contributed by atoms with van der Waals surface area (Å²) >= 11 is 0. The second-order valence-electron chi connectivity index (χ2n) is 5.00. The van der Waals surface area contributed by atoms with Crippen LogP contribution in [0.5, 0.6) is 0 Å². The standard InChI is InChI=1S/C14H22N2O4/c1-11(10-17)3-2-8-15-9-14(18)12-4-6-13(7-5-12)16(19)20/h4-7,11,14-15,17-18H,2-3,8-10H2,1H3. The molecule has 0 spiro atoms. The molecule has 112 valence electrons. The van der Waals surface area contributed by atoms with Crippen LogP contribution >= 0.6 is 0 Å². The van der Waals surface area contributed by atoms with Gasteiger partial charge in [0.2, 0.25) is 0 Å². The maximum atomic E-state index is 10.5. The Kier molecular flexibility index (Phi) is 7.14. The summed E-state index contributed by atoms with van der Waals surface area (Å²) in [6.07, 6.45) is 1.21. The fourth-order valence-electron chi connectivity index (χ4n) is 1.84. The molecule has 2 atom stereocenters. The van der Waals surface area contributed by atoms with Crippen LogP contribution in [0, 0.1) is 16.0 Å². The van der Waals surface area contributed by atoms with Gasteiger partial charge in [-0.25, -0.2) is 0 Å². The van der Waals surface area contributed by atoms with Crippen molar-refractivity contribution >= 4 is 5.69 Å². The van der Waals surface area contributed by atoms with Crippen LogP contribution in [0.2, 0.25) is 0 Å². The first-order valence-corrected chi connectivity index (χ1v) is 6.78. The SMILES string of the molecule is CC(CO)CCCNCC(O)c1ccc([N+](=O)[O-])cc1. The average Bonchev–Trinajstić information content (AvgIpc) is 2.46. The van der Waals surface area contributed by atoms with Gasteiger partial charge in [0.1, 0.15) is 0 Å². The number of aliphatic hydroxyl groups excluding tert-OH is 2. The van der Waals surface area contributed by atoms with E-state index in [0.29, 0.717) is 18.0 Å². The van der Waals surface area contributed by atoms with Crippen LogP contribution in [0.15, 0.2) is 24.3 Å². The van der Waals surface area contributed by atoms with Crippen LogP contribution in [-0.2, 0) is 0 Å². The number of rotatable bonds is 9. The Bertz CT molecular complexity index is 408. The Morgan fingerprint density at radius 3 is 2.55 bits per heavy atom. The number of hydrogen-bond donors (Lipinski definition) is 3. The molecule has 0 saturated heterocycles. The molecule has 1 aromatic rings. The van der Waals surface area contributed by atoms with Gasteiger partial charge in [-0.2, -0.15) is 0 Å². The van der Waals surface area contributed by atoms with Gasteiger partial charge in [-0.3, -0.25) is 10.1 Å². The molecule has 3 N–H and O–H groups in total. The van der Waals surface area contributed by atoms with Gasteiger partial charge in [0.25, 0.3) is 5.69 Å². The zero-order chi connectivity index (χ0) is 15.0. The number of nitro groups is 1.